The van der Waals surface area contributed by atoms with Crippen LogP contribution in [0.25, 0.3) is 0 Å². The average molecular weight is 304 g/mol. The van der Waals surface area contributed by atoms with Crippen molar-refractivity contribution in [3.8, 4) is 0 Å². The van der Waals surface area contributed by atoms with Crippen molar-refractivity contribution >= 4 is 23.8 Å². The van der Waals surface area contributed by atoms with Gasteiger partial charge in [-0.15, -0.1) is 0 Å². The number of ether oxygens (including phenoxy) is 1. The maximum atomic E-state index is 12.0. The van der Waals surface area contributed by atoms with E-state index in [9.17, 15) is 9.59 Å². The van der Waals surface area contributed by atoms with E-state index in [0.717, 1.165) is 12.8 Å². The van der Waals surface area contributed by atoms with Crippen molar-refractivity contribution in [2.75, 3.05) is 31.7 Å². The molecule has 0 aromatic rings. The number of carboxylic acids is 1. The Hall–Kier alpha value is -0.950. The molecule has 0 aromatic heterocycles. The number of likely N-dealkylation sites (tertiary alicyclic amines) is 1. The summed E-state index contributed by atoms with van der Waals surface area (Å²) in [5, 5.41) is 11.7. The SMILES string of the molecule is CCOC1CCN(C(=O)N[C@@H](CCSC)C(=O)O)CC1. The molecular weight excluding hydrogens is 280 g/mol. The number of piperidine rings is 1. The Labute approximate surface area is 124 Å². The van der Waals surface area contributed by atoms with Crippen LogP contribution in [0.4, 0.5) is 4.79 Å². The van der Waals surface area contributed by atoms with Crippen LogP contribution < -0.4 is 5.32 Å². The molecule has 0 aliphatic carbocycles. The normalized spacial score (nSPS) is 17.8. The van der Waals surface area contributed by atoms with Crippen LogP contribution in [0.2, 0.25) is 0 Å². The Kier molecular flexibility index (Phi) is 7.76. The topological polar surface area (TPSA) is 78.9 Å². The molecular formula is C13H24N2O4S. The summed E-state index contributed by atoms with van der Waals surface area (Å²) < 4.78 is 5.53. The van der Waals surface area contributed by atoms with Gasteiger partial charge >= 0.3 is 12.0 Å². The third-order valence-corrected chi connectivity index (χ3v) is 3.98. The summed E-state index contributed by atoms with van der Waals surface area (Å²) >= 11 is 1.57. The zero-order chi connectivity index (χ0) is 15.0. The fraction of sp³-hybridized carbons (Fsp3) is 0.846. The molecule has 1 aliphatic rings. The van der Waals surface area contributed by atoms with Gasteiger partial charge in [0, 0.05) is 19.7 Å². The van der Waals surface area contributed by atoms with Gasteiger partial charge in [0.05, 0.1) is 6.10 Å². The van der Waals surface area contributed by atoms with Crippen LogP contribution in [-0.2, 0) is 9.53 Å². The van der Waals surface area contributed by atoms with Crippen molar-refractivity contribution in [1.82, 2.24) is 10.2 Å². The summed E-state index contributed by atoms with van der Waals surface area (Å²) in [6.07, 6.45) is 4.20. The van der Waals surface area contributed by atoms with Crippen LogP contribution >= 0.6 is 11.8 Å². The molecule has 0 saturated carbocycles. The number of thioether (sulfide) groups is 1. The van der Waals surface area contributed by atoms with E-state index in [1.165, 1.54) is 0 Å². The third kappa shape index (κ3) is 5.58. The predicted molar refractivity (Wildman–Crippen MR) is 79.2 cm³/mol. The van der Waals surface area contributed by atoms with Crippen LogP contribution in [-0.4, -0.2) is 65.9 Å². The molecule has 1 rings (SSSR count). The molecule has 1 heterocycles. The van der Waals surface area contributed by atoms with Crippen molar-refractivity contribution in [3.63, 3.8) is 0 Å². The molecule has 1 fully saturated rings. The monoisotopic (exact) mass is 304 g/mol. The van der Waals surface area contributed by atoms with Crippen LogP contribution in [0.5, 0.6) is 0 Å². The lowest BCUT2D eigenvalue weighted by atomic mass is 10.1. The second-order valence-electron chi connectivity index (χ2n) is 4.76. The number of hydrogen-bond donors (Lipinski definition) is 2. The van der Waals surface area contributed by atoms with E-state index in [1.807, 2.05) is 13.2 Å². The maximum absolute atomic E-state index is 12.0. The first-order valence-corrected chi connectivity index (χ1v) is 8.36. The van der Waals surface area contributed by atoms with Gasteiger partial charge in [0.2, 0.25) is 0 Å². The Morgan fingerprint density at radius 1 is 1.45 bits per heavy atom. The highest BCUT2D eigenvalue weighted by atomic mass is 32.2. The minimum Gasteiger partial charge on any atom is -0.480 e. The van der Waals surface area contributed by atoms with E-state index in [1.54, 1.807) is 16.7 Å². The predicted octanol–water partition coefficient (Wildman–Crippen LogP) is 1.40. The number of urea groups is 1. The highest BCUT2D eigenvalue weighted by Gasteiger charge is 2.26. The van der Waals surface area contributed by atoms with Crippen LogP contribution in [0, 0.1) is 0 Å². The van der Waals surface area contributed by atoms with Crippen LogP contribution in [0.15, 0.2) is 0 Å². The molecule has 7 heteroatoms. The van der Waals surface area contributed by atoms with Gasteiger partial charge < -0.3 is 20.1 Å². The molecule has 2 N–H and O–H groups in total. The fourth-order valence-corrected chi connectivity index (χ4v) is 2.67. The summed E-state index contributed by atoms with van der Waals surface area (Å²) in [6, 6.07) is -1.09. The van der Waals surface area contributed by atoms with Crippen LogP contribution in [0.3, 0.4) is 0 Å². The number of amides is 2. The van der Waals surface area contributed by atoms with E-state index in [2.05, 4.69) is 5.32 Å². The molecule has 1 aliphatic heterocycles. The van der Waals surface area contributed by atoms with Crippen molar-refractivity contribution in [2.45, 2.75) is 38.3 Å². The number of carboxylic acid groups (broad SMARTS) is 1. The number of aliphatic carboxylic acids is 1. The molecule has 2 amide bonds. The van der Waals surface area contributed by atoms with E-state index in [4.69, 9.17) is 9.84 Å². The van der Waals surface area contributed by atoms with Gasteiger partial charge in [-0.3, -0.25) is 0 Å². The first-order chi connectivity index (χ1) is 9.58. The molecule has 1 saturated heterocycles. The van der Waals surface area contributed by atoms with Crippen molar-refractivity contribution < 1.29 is 19.4 Å². The van der Waals surface area contributed by atoms with Gasteiger partial charge in [0.15, 0.2) is 0 Å². The zero-order valence-electron chi connectivity index (χ0n) is 12.1. The van der Waals surface area contributed by atoms with E-state index >= 15 is 0 Å². The number of nitrogens with zero attached hydrogens (tertiary/aromatic N) is 1. The third-order valence-electron chi connectivity index (χ3n) is 3.34. The van der Waals surface area contributed by atoms with Gasteiger partial charge in [-0.1, -0.05) is 0 Å². The first-order valence-electron chi connectivity index (χ1n) is 6.97. The maximum Gasteiger partial charge on any atom is 0.326 e. The van der Waals surface area contributed by atoms with E-state index < -0.39 is 12.0 Å². The van der Waals surface area contributed by atoms with Crippen molar-refractivity contribution in [3.05, 3.63) is 0 Å². The van der Waals surface area contributed by atoms with Crippen molar-refractivity contribution in [1.29, 1.82) is 0 Å². The Morgan fingerprint density at radius 2 is 2.10 bits per heavy atom. The highest BCUT2D eigenvalue weighted by molar-refractivity contribution is 7.98. The summed E-state index contributed by atoms with van der Waals surface area (Å²) in [6.45, 7) is 3.88. The largest absolute Gasteiger partial charge is 0.480 e. The summed E-state index contributed by atoms with van der Waals surface area (Å²) in [4.78, 5) is 24.8. The number of carbonyl (C=O) groups is 2. The summed E-state index contributed by atoms with van der Waals surface area (Å²) in [5.74, 6) is -0.263. The Balaban J connectivity index is 2.39. The molecule has 116 valence electrons. The standard InChI is InChI=1S/C13H24N2O4S/c1-3-19-10-4-7-15(8-5-10)13(18)14-11(12(16)17)6-9-20-2/h10-11H,3-9H2,1-2H3,(H,14,18)(H,16,17)/t11-/m0/s1. The molecule has 6 nitrogen and oxygen atoms in total. The number of carbonyl (C=O) groups excluding carboxylic acids is 1. The summed E-state index contributed by atoms with van der Waals surface area (Å²) in [7, 11) is 0. The molecule has 0 aromatic carbocycles. The molecule has 0 spiro atoms. The van der Waals surface area contributed by atoms with Gasteiger partial charge in [0.1, 0.15) is 6.04 Å². The van der Waals surface area contributed by atoms with Gasteiger partial charge in [-0.2, -0.15) is 11.8 Å². The minimum absolute atomic E-state index is 0.218. The smallest absolute Gasteiger partial charge is 0.326 e. The lowest BCUT2D eigenvalue weighted by Crippen LogP contribution is -2.51. The van der Waals surface area contributed by atoms with Gasteiger partial charge in [-0.05, 0) is 38.2 Å². The van der Waals surface area contributed by atoms with Crippen LogP contribution in [0.1, 0.15) is 26.2 Å². The molecule has 20 heavy (non-hydrogen) atoms. The lowest BCUT2D eigenvalue weighted by Gasteiger charge is -2.32. The molecule has 0 bridgehead atoms. The zero-order valence-corrected chi connectivity index (χ0v) is 12.9. The van der Waals surface area contributed by atoms with Crippen molar-refractivity contribution in [2.24, 2.45) is 0 Å². The second-order valence-corrected chi connectivity index (χ2v) is 5.75. The van der Waals surface area contributed by atoms with E-state index in [0.29, 0.717) is 31.9 Å². The molecule has 1 atom stereocenters. The fourth-order valence-electron chi connectivity index (χ4n) is 2.19. The van der Waals surface area contributed by atoms with Gasteiger partial charge in [-0.25, -0.2) is 9.59 Å². The number of nitrogens with one attached hydrogen (secondary N) is 1. The van der Waals surface area contributed by atoms with E-state index in [-0.39, 0.29) is 12.1 Å². The number of rotatable bonds is 7. The summed E-state index contributed by atoms with van der Waals surface area (Å²) in [5.41, 5.74) is 0. The minimum atomic E-state index is -0.975. The van der Waals surface area contributed by atoms with Gasteiger partial charge in [0.25, 0.3) is 0 Å². The quantitative estimate of drug-likeness (QED) is 0.743. The Morgan fingerprint density at radius 3 is 2.60 bits per heavy atom. The first kappa shape index (κ1) is 17.1. The lowest BCUT2D eigenvalue weighted by molar-refractivity contribution is -0.139. The number of hydrogen-bond acceptors (Lipinski definition) is 4. The second kappa shape index (κ2) is 9.07. The average Bonchev–Trinajstić information content (AvgIpc) is 2.44. The highest BCUT2D eigenvalue weighted by Crippen LogP contribution is 2.14. The molecule has 0 radical (unpaired) electrons. The molecule has 0 unspecified atom stereocenters. The Bertz CT molecular complexity index is 319.